The number of ether oxygens (including phenoxy) is 2. The number of carbonyl (C=O) groups excluding carboxylic acids is 3. The van der Waals surface area contributed by atoms with Crippen molar-refractivity contribution in [3.05, 3.63) is 24.3 Å². The first-order valence-electron chi connectivity index (χ1n) is 4.84. The van der Waals surface area contributed by atoms with E-state index in [1.54, 1.807) is 6.92 Å². The van der Waals surface area contributed by atoms with Crippen molar-refractivity contribution >= 4 is 17.9 Å². The van der Waals surface area contributed by atoms with Crippen LogP contribution in [0.25, 0.3) is 0 Å². The Hall–Kier alpha value is -1.95. The van der Waals surface area contributed by atoms with Gasteiger partial charge >= 0.3 is 17.9 Å². The van der Waals surface area contributed by atoms with Crippen LogP contribution in [-0.2, 0) is 23.9 Å². The molecule has 1 aliphatic rings. The smallest absolute Gasteiger partial charge is 0.338 e. The molecule has 0 saturated heterocycles. The van der Waals surface area contributed by atoms with E-state index >= 15 is 0 Å². The summed E-state index contributed by atoms with van der Waals surface area (Å²) in [6, 6.07) is 0. The van der Waals surface area contributed by atoms with Crippen LogP contribution in [0.2, 0.25) is 0 Å². The fourth-order valence-corrected chi connectivity index (χ4v) is 0.656. The highest BCUT2D eigenvalue weighted by Crippen LogP contribution is 1.93. The first kappa shape index (κ1) is 15.0. The molecule has 1 aliphatic heterocycles. The number of esters is 3. The third-order valence-corrected chi connectivity index (χ3v) is 1.44. The minimum atomic E-state index is -0.579. The summed E-state index contributed by atoms with van der Waals surface area (Å²) in [4.78, 5) is 30.5. The van der Waals surface area contributed by atoms with Gasteiger partial charge in [0.15, 0.2) is 0 Å². The zero-order valence-corrected chi connectivity index (χ0v) is 9.47. The Balaban J connectivity index is 0.000000318. The lowest BCUT2D eigenvalue weighted by molar-refractivity contribution is -0.150. The molecule has 0 aliphatic carbocycles. The topological polar surface area (TPSA) is 89.9 Å². The Labute approximate surface area is 98.5 Å². The monoisotopic (exact) mass is 242 g/mol. The average Bonchev–Trinajstić information content (AvgIpc) is 2.63. The van der Waals surface area contributed by atoms with Crippen molar-refractivity contribution < 1.29 is 29.0 Å². The van der Waals surface area contributed by atoms with Gasteiger partial charge < -0.3 is 14.6 Å². The predicted molar refractivity (Wildman–Crippen MR) is 57.7 cm³/mol. The molecule has 0 bridgehead atoms. The van der Waals surface area contributed by atoms with Gasteiger partial charge in [-0.1, -0.05) is 6.58 Å². The fraction of sp³-hybridized carbons (Fsp3) is 0.364. The molecular weight excluding hydrogens is 228 g/mol. The van der Waals surface area contributed by atoms with Crippen LogP contribution >= 0.6 is 0 Å². The lowest BCUT2D eigenvalue weighted by Gasteiger charge is -2.00. The van der Waals surface area contributed by atoms with Crippen LogP contribution in [0.4, 0.5) is 0 Å². The lowest BCUT2D eigenvalue weighted by Crippen LogP contribution is -2.06. The molecule has 1 N–H and O–H groups in total. The summed E-state index contributed by atoms with van der Waals surface area (Å²) in [6.45, 7) is 5.29. The maximum atomic E-state index is 10.6. The number of carbonyl (C=O) groups is 3. The van der Waals surface area contributed by atoms with Gasteiger partial charge in [-0.15, -0.1) is 0 Å². The summed E-state index contributed by atoms with van der Waals surface area (Å²) < 4.78 is 8.62. The number of rotatable bonds is 4. The second-order valence-electron chi connectivity index (χ2n) is 3.07. The number of cyclic esters (lactones) is 2. The minimum Gasteiger partial charge on any atom is -0.462 e. The summed E-state index contributed by atoms with van der Waals surface area (Å²) in [7, 11) is 0. The Morgan fingerprint density at radius 2 is 1.94 bits per heavy atom. The van der Waals surface area contributed by atoms with Crippen LogP contribution < -0.4 is 0 Å². The van der Waals surface area contributed by atoms with Crippen molar-refractivity contribution in [2.75, 3.05) is 13.2 Å². The van der Waals surface area contributed by atoms with Crippen LogP contribution in [0.5, 0.6) is 0 Å². The normalized spacial score (nSPS) is 12.6. The number of hydrogen-bond donors (Lipinski definition) is 1. The molecule has 6 nitrogen and oxygen atoms in total. The van der Waals surface area contributed by atoms with Crippen molar-refractivity contribution in [2.45, 2.75) is 13.3 Å². The second kappa shape index (κ2) is 8.23. The van der Waals surface area contributed by atoms with Crippen molar-refractivity contribution in [3.63, 3.8) is 0 Å². The molecule has 0 amide bonds. The van der Waals surface area contributed by atoms with Crippen LogP contribution in [0.3, 0.4) is 0 Å². The predicted octanol–water partition coefficient (Wildman–Crippen LogP) is 0.114. The molecule has 0 aromatic heterocycles. The third-order valence-electron chi connectivity index (χ3n) is 1.44. The number of aliphatic hydroxyl groups is 1. The van der Waals surface area contributed by atoms with Gasteiger partial charge in [-0.05, 0) is 6.92 Å². The van der Waals surface area contributed by atoms with Gasteiger partial charge in [-0.25, -0.2) is 14.4 Å². The summed E-state index contributed by atoms with van der Waals surface area (Å²) >= 11 is 0. The minimum absolute atomic E-state index is 0.0451. The highest BCUT2D eigenvalue weighted by Gasteiger charge is 2.10. The van der Waals surface area contributed by atoms with Gasteiger partial charge in [-0.2, -0.15) is 0 Å². The summed E-state index contributed by atoms with van der Waals surface area (Å²) in [5, 5.41) is 8.30. The van der Waals surface area contributed by atoms with E-state index in [4.69, 9.17) is 5.11 Å². The molecule has 0 spiro atoms. The van der Waals surface area contributed by atoms with Gasteiger partial charge in [0.2, 0.25) is 0 Å². The van der Waals surface area contributed by atoms with E-state index in [9.17, 15) is 14.4 Å². The molecule has 1 rings (SSSR count). The summed E-state index contributed by atoms with van der Waals surface area (Å²) in [6.07, 6.45) is 2.66. The first-order valence-corrected chi connectivity index (χ1v) is 4.84. The number of aliphatic hydroxyl groups excluding tert-OH is 1. The van der Waals surface area contributed by atoms with Crippen molar-refractivity contribution in [1.82, 2.24) is 0 Å². The van der Waals surface area contributed by atoms with E-state index in [2.05, 4.69) is 16.1 Å². The molecular formula is C11H14O6. The fourth-order valence-electron chi connectivity index (χ4n) is 0.656. The Kier molecular flexibility index (Phi) is 7.29. The van der Waals surface area contributed by atoms with E-state index in [0.717, 1.165) is 12.2 Å². The largest absolute Gasteiger partial charge is 0.462 e. The molecule has 17 heavy (non-hydrogen) atoms. The average molecular weight is 242 g/mol. The van der Waals surface area contributed by atoms with Crippen molar-refractivity contribution in [2.24, 2.45) is 0 Å². The quantitative estimate of drug-likeness (QED) is 0.326. The Morgan fingerprint density at radius 3 is 2.24 bits per heavy atom. The highest BCUT2D eigenvalue weighted by molar-refractivity contribution is 6.04. The van der Waals surface area contributed by atoms with E-state index in [-0.39, 0.29) is 13.2 Å². The Bertz CT molecular complexity index is 326. The van der Waals surface area contributed by atoms with Crippen LogP contribution in [0.15, 0.2) is 24.3 Å². The molecule has 1 heterocycles. The van der Waals surface area contributed by atoms with E-state index in [0.29, 0.717) is 12.0 Å². The molecule has 0 unspecified atom stereocenters. The molecule has 94 valence electrons. The van der Waals surface area contributed by atoms with E-state index in [1.165, 1.54) is 0 Å². The van der Waals surface area contributed by atoms with Gasteiger partial charge in [0.25, 0.3) is 0 Å². The second-order valence-corrected chi connectivity index (χ2v) is 3.07. The SMILES string of the molecule is C=C(C)C(=O)OCCCO.O=C1C=CC(=O)O1. The first-order chi connectivity index (χ1) is 7.97. The van der Waals surface area contributed by atoms with Crippen molar-refractivity contribution in [1.29, 1.82) is 0 Å². The molecule has 0 aromatic rings. The van der Waals surface area contributed by atoms with E-state index in [1.807, 2.05) is 0 Å². The van der Waals surface area contributed by atoms with Crippen molar-refractivity contribution in [3.8, 4) is 0 Å². The molecule has 0 aromatic carbocycles. The van der Waals surface area contributed by atoms with Gasteiger partial charge in [-0.3, -0.25) is 0 Å². The molecule has 0 fully saturated rings. The standard InChI is InChI=1S/C7H12O3.C4H2O3/c1-6(2)7(9)10-5-3-4-8;5-3-1-2-4(6)7-3/h8H,1,3-5H2,2H3;1-2H. The molecule has 0 radical (unpaired) electrons. The third kappa shape index (κ3) is 7.92. The number of hydrogen-bond acceptors (Lipinski definition) is 6. The summed E-state index contributed by atoms with van der Waals surface area (Å²) in [5.41, 5.74) is 0.387. The van der Waals surface area contributed by atoms with Gasteiger partial charge in [0, 0.05) is 30.8 Å². The highest BCUT2D eigenvalue weighted by atomic mass is 16.6. The van der Waals surface area contributed by atoms with Gasteiger partial charge in [0.05, 0.1) is 6.61 Å². The molecule has 0 atom stereocenters. The Morgan fingerprint density at radius 1 is 1.41 bits per heavy atom. The van der Waals surface area contributed by atoms with Crippen LogP contribution in [0, 0.1) is 0 Å². The van der Waals surface area contributed by atoms with Crippen LogP contribution in [-0.4, -0.2) is 36.2 Å². The zero-order valence-electron chi connectivity index (χ0n) is 9.47. The summed E-state index contributed by atoms with van der Waals surface area (Å²) in [5.74, 6) is -1.55. The van der Waals surface area contributed by atoms with E-state index < -0.39 is 17.9 Å². The molecule has 0 saturated carbocycles. The lowest BCUT2D eigenvalue weighted by atomic mass is 10.4. The van der Waals surface area contributed by atoms with Crippen LogP contribution in [0.1, 0.15) is 13.3 Å². The maximum absolute atomic E-state index is 10.6. The molecule has 6 heteroatoms. The maximum Gasteiger partial charge on any atom is 0.338 e. The zero-order chi connectivity index (χ0) is 13.3. The van der Waals surface area contributed by atoms with Gasteiger partial charge in [0.1, 0.15) is 0 Å².